The standard InChI is InChI=1S/C24H23F3N2O3/c1-15-7-6-12-28(14-15)21-20(18-10-3-4-11-19(18)32-2)22(30)29(23(21)31)17-9-5-8-16(13-17)24(25,26)27/h3-5,8-11,13,15H,6-7,12,14H2,1-2H3. The Balaban J connectivity index is 1.86. The summed E-state index contributed by atoms with van der Waals surface area (Å²) in [5.74, 6) is -0.547. The van der Waals surface area contributed by atoms with Gasteiger partial charge in [0.15, 0.2) is 0 Å². The van der Waals surface area contributed by atoms with Gasteiger partial charge in [0.05, 0.1) is 23.9 Å². The number of imide groups is 1. The van der Waals surface area contributed by atoms with E-state index in [9.17, 15) is 22.8 Å². The number of benzene rings is 2. The minimum atomic E-state index is -4.59. The van der Waals surface area contributed by atoms with Crippen molar-refractivity contribution in [3.63, 3.8) is 0 Å². The first-order valence-electron chi connectivity index (χ1n) is 10.4. The van der Waals surface area contributed by atoms with E-state index in [1.807, 2.05) is 4.90 Å². The average molecular weight is 444 g/mol. The maximum Gasteiger partial charge on any atom is 0.416 e. The van der Waals surface area contributed by atoms with E-state index in [0.717, 1.165) is 29.9 Å². The van der Waals surface area contributed by atoms with Gasteiger partial charge in [0, 0.05) is 18.7 Å². The molecule has 2 heterocycles. The van der Waals surface area contributed by atoms with Gasteiger partial charge in [0.1, 0.15) is 11.4 Å². The van der Waals surface area contributed by atoms with Crippen molar-refractivity contribution in [3.8, 4) is 5.75 Å². The number of ether oxygens (including phenoxy) is 1. The Morgan fingerprint density at radius 1 is 1.03 bits per heavy atom. The molecule has 2 aliphatic rings. The van der Waals surface area contributed by atoms with E-state index in [-0.39, 0.29) is 17.0 Å². The highest BCUT2D eigenvalue weighted by molar-refractivity contribution is 6.45. The molecule has 1 fully saturated rings. The number of nitrogens with zero attached hydrogens (tertiary/aromatic N) is 2. The quantitative estimate of drug-likeness (QED) is 0.640. The zero-order valence-electron chi connectivity index (χ0n) is 17.8. The van der Waals surface area contributed by atoms with Crippen LogP contribution in [0.5, 0.6) is 5.75 Å². The Morgan fingerprint density at radius 2 is 1.78 bits per heavy atom. The fourth-order valence-corrected chi connectivity index (χ4v) is 4.35. The third kappa shape index (κ3) is 3.85. The van der Waals surface area contributed by atoms with Crippen LogP contribution in [0, 0.1) is 5.92 Å². The molecule has 8 heteroatoms. The van der Waals surface area contributed by atoms with Crippen LogP contribution < -0.4 is 9.64 Å². The van der Waals surface area contributed by atoms with E-state index < -0.39 is 23.6 Å². The molecule has 2 aromatic carbocycles. The van der Waals surface area contributed by atoms with Crippen LogP contribution in [0.2, 0.25) is 0 Å². The molecule has 168 valence electrons. The molecule has 0 N–H and O–H groups in total. The zero-order valence-corrected chi connectivity index (χ0v) is 17.8. The molecule has 2 amide bonds. The number of halogens is 3. The number of amides is 2. The number of rotatable bonds is 4. The lowest BCUT2D eigenvalue weighted by molar-refractivity contribution is -0.137. The second-order valence-corrected chi connectivity index (χ2v) is 8.11. The third-order valence-electron chi connectivity index (χ3n) is 5.84. The Kier molecular flexibility index (Phi) is 5.71. The molecule has 5 nitrogen and oxygen atoms in total. The van der Waals surface area contributed by atoms with Gasteiger partial charge in [-0.05, 0) is 43.0 Å². The summed E-state index contributed by atoms with van der Waals surface area (Å²) in [6, 6.07) is 11.1. The molecule has 0 spiro atoms. The summed E-state index contributed by atoms with van der Waals surface area (Å²) >= 11 is 0. The molecule has 4 rings (SSSR count). The van der Waals surface area contributed by atoms with Gasteiger partial charge in [-0.25, -0.2) is 4.90 Å². The summed E-state index contributed by atoms with van der Waals surface area (Å²) in [5.41, 5.74) is -0.227. The highest BCUT2D eigenvalue weighted by atomic mass is 19.4. The summed E-state index contributed by atoms with van der Waals surface area (Å²) in [7, 11) is 1.47. The van der Waals surface area contributed by atoms with Crippen molar-refractivity contribution in [1.82, 2.24) is 4.90 Å². The molecule has 0 aliphatic carbocycles. The SMILES string of the molecule is COc1ccccc1C1=C(N2CCCC(C)C2)C(=O)N(c2cccc(C(F)(F)F)c2)C1=O. The molecule has 1 atom stereocenters. The summed E-state index contributed by atoms with van der Waals surface area (Å²) in [5, 5.41) is 0. The van der Waals surface area contributed by atoms with Gasteiger partial charge in [0.2, 0.25) is 0 Å². The maximum absolute atomic E-state index is 13.6. The molecule has 0 saturated carbocycles. The first-order chi connectivity index (χ1) is 15.2. The van der Waals surface area contributed by atoms with E-state index in [1.165, 1.54) is 19.2 Å². The molecular formula is C24H23F3N2O3. The smallest absolute Gasteiger partial charge is 0.416 e. The number of alkyl halides is 3. The van der Waals surface area contributed by atoms with E-state index in [4.69, 9.17) is 4.74 Å². The predicted molar refractivity (Wildman–Crippen MR) is 114 cm³/mol. The monoisotopic (exact) mass is 444 g/mol. The van der Waals surface area contributed by atoms with Gasteiger partial charge < -0.3 is 9.64 Å². The fraction of sp³-hybridized carbons (Fsp3) is 0.333. The Bertz CT molecular complexity index is 1090. The highest BCUT2D eigenvalue weighted by Crippen LogP contribution is 2.40. The van der Waals surface area contributed by atoms with Crippen molar-refractivity contribution in [2.24, 2.45) is 5.92 Å². The maximum atomic E-state index is 13.6. The molecule has 0 radical (unpaired) electrons. The lowest BCUT2D eigenvalue weighted by Crippen LogP contribution is -2.39. The van der Waals surface area contributed by atoms with Crippen LogP contribution in [0.3, 0.4) is 0 Å². The summed E-state index contributed by atoms with van der Waals surface area (Å²) < 4.78 is 45.2. The van der Waals surface area contributed by atoms with E-state index in [0.29, 0.717) is 30.3 Å². The largest absolute Gasteiger partial charge is 0.496 e. The second-order valence-electron chi connectivity index (χ2n) is 8.11. The van der Waals surface area contributed by atoms with Gasteiger partial charge in [-0.15, -0.1) is 0 Å². The van der Waals surface area contributed by atoms with E-state index in [2.05, 4.69) is 6.92 Å². The molecule has 0 bridgehead atoms. The van der Waals surface area contributed by atoms with E-state index in [1.54, 1.807) is 24.3 Å². The van der Waals surface area contributed by atoms with Gasteiger partial charge in [-0.1, -0.05) is 31.2 Å². The van der Waals surface area contributed by atoms with Gasteiger partial charge >= 0.3 is 6.18 Å². The number of hydrogen-bond acceptors (Lipinski definition) is 4. The number of anilines is 1. The van der Waals surface area contributed by atoms with Crippen molar-refractivity contribution < 1.29 is 27.5 Å². The van der Waals surface area contributed by atoms with Crippen LogP contribution in [0.4, 0.5) is 18.9 Å². The summed E-state index contributed by atoms with van der Waals surface area (Å²) in [6.45, 7) is 3.25. The minimum Gasteiger partial charge on any atom is -0.496 e. The summed E-state index contributed by atoms with van der Waals surface area (Å²) in [6.07, 6.45) is -2.73. The van der Waals surface area contributed by atoms with Crippen LogP contribution in [0.1, 0.15) is 30.9 Å². The number of carbonyl (C=O) groups excluding carboxylic acids is 2. The lowest BCUT2D eigenvalue weighted by atomic mass is 9.97. The first-order valence-corrected chi connectivity index (χ1v) is 10.4. The van der Waals surface area contributed by atoms with Gasteiger partial charge in [-0.2, -0.15) is 13.2 Å². The highest BCUT2D eigenvalue weighted by Gasteiger charge is 2.44. The number of likely N-dealkylation sites (tertiary alicyclic amines) is 1. The van der Waals surface area contributed by atoms with Crippen molar-refractivity contribution in [2.45, 2.75) is 25.9 Å². The number of piperidine rings is 1. The third-order valence-corrected chi connectivity index (χ3v) is 5.84. The minimum absolute atomic E-state index is 0.109. The average Bonchev–Trinajstić information content (AvgIpc) is 3.03. The number of hydrogen-bond donors (Lipinski definition) is 0. The van der Waals surface area contributed by atoms with Crippen LogP contribution in [0.25, 0.3) is 5.57 Å². The molecule has 0 aromatic heterocycles. The van der Waals surface area contributed by atoms with Crippen molar-refractivity contribution in [2.75, 3.05) is 25.1 Å². The Labute approximate surface area is 184 Å². The fourth-order valence-electron chi connectivity index (χ4n) is 4.35. The Morgan fingerprint density at radius 3 is 2.47 bits per heavy atom. The van der Waals surface area contributed by atoms with Crippen LogP contribution >= 0.6 is 0 Å². The van der Waals surface area contributed by atoms with Crippen molar-refractivity contribution in [1.29, 1.82) is 0 Å². The van der Waals surface area contributed by atoms with Gasteiger partial charge in [0.25, 0.3) is 11.8 Å². The van der Waals surface area contributed by atoms with Crippen LogP contribution in [-0.2, 0) is 15.8 Å². The lowest BCUT2D eigenvalue weighted by Gasteiger charge is -2.33. The van der Waals surface area contributed by atoms with E-state index >= 15 is 0 Å². The molecule has 1 unspecified atom stereocenters. The Hall–Kier alpha value is -3.29. The zero-order chi connectivity index (χ0) is 23.0. The van der Waals surface area contributed by atoms with Crippen LogP contribution in [0.15, 0.2) is 54.2 Å². The second kappa shape index (κ2) is 8.33. The molecule has 32 heavy (non-hydrogen) atoms. The number of carbonyl (C=O) groups is 2. The normalized spacial score (nSPS) is 19.7. The molecule has 2 aromatic rings. The number of para-hydroxylation sites is 1. The summed E-state index contributed by atoms with van der Waals surface area (Å²) in [4.78, 5) is 29.8. The first kappa shape index (κ1) is 21.9. The number of methoxy groups -OCH3 is 1. The van der Waals surface area contributed by atoms with Crippen molar-refractivity contribution >= 4 is 23.1 Å². The van der Waals surface area contributed by atoms with Gasteiger partial charge in [-0.3, -0.25) is 9.59 Å². The molecule has 1 saturated heterocycles. The molecular weight excluding hydrogens is 421 g/mol. The topological polar surface area (TPSA) is 49.9 Å². The molecule has 2 aliphatic heterocycles. The van der Waals surface area contributed by atoms with Crippen LogP contribution in [-0.4, -0.2) is 36.9 Å². The predicted octanol–water partition coefficient (Wildman–Crippen LogP) is 4.73. The van der Waals surface area contributed by atoms with Crippen molar-refractivity contribution in [3.05, 3.63) is 65.4 Å².